The maximum absolute atomic E-state index is 12.9. The second kappa shape index (κ2) is 8.42. The van der Waals surface area contributed by atoms with Gasteiger partial charge < -0.3 is 5.32 Å². The zero-order valence-corrected chi connectivity index (χ0v) is 15.9. The Morgan fingerprint density at radius 1 is 1.29 bits per heavy atom. The zero-order chi connectivity index (χ0) is 21.1. The highest BCUT2D eigenvalue weighted by Crippen LogP contribution is 2.31. The van der Waals surface area contributed by atoms with Gasteiger partial charge in [-0.15, -0.1) is 0 Å². The predicted molar refractivity (Wildman–Crippen MR) is 97.3 cm³/mol. The van der Waals surface area contributed by atoms with Gasteiger partial charge in [-0.2, -0.15) is 23.4 Å². The van der Waals surface area contributed by atoms with E-state index in [1.165, 1.54) is 12.1 Å². The molecule has 2 rings (SSSR count). The summed E-state index contributed by atoms with van der Waals surface area (Å²) < 4.78 is 39.8. The molecule has 0 fully saturated rings. The summed E-state index contributed by atoms with van der Waals surface area (Å²) in [7, 11) is 0. The van der Waals surface area contributed by atoms with Crippen LogP contribution in [0, 0.1) is 6.92 Å². The number of aryl methyl sites for hydroxylation is 1. The number of benzene rings is 1. The van der Waals surface area contributed by atoms with Gasteiger partial charge in [-0.3, -0.25) is 9.59 Å². The first-order valence-corrected chi connectivity index (χ1v) is 8.45. The number of rotatable bonds is 4. The molecule has 28 heavy (non-hydrogen) atoms. The largest absolute Gasteiger partial charge is 0.416 e. The molecule has 0 unspecified atom stereocenters. The molecule has 150 valence electrons. The van der Waals surface area contributed by atoms with Crippen LogP contribution in [0.25, 0.3) is 5.69 Å². The van der Waals surface area contributed by atoms with Crippen LogP contribution in [0.5, 0.6) is 0 Å². The molecule has 1 aromatic heterocycles. The highest BCUT2D eigenvalue weighted by Gasteiger charge is 2.30. The van der Waals surface area contributed by atoms with Crippen molar-refractivity contribution >= 4 is 29.6 Å². The fourth-order valence-electron chi connectivity index (χ4n) is 2.18. The molecule has 0 aliphatic rings. The third kappa shape index (κ3) is 5.10. The molecular formula is C17H17ClF3N5O2. The van der Waals surface area contributed by atoms with E-state index in [-0.39, 0.29) is 22.4 Å². The van der Waals surface area contributed by atoms with E-state index in [0.717, 1.165) is 23.0 Å². The van der Waals surface area contributed by atoms with Gasteiger partial charge in [0.05, 0.1) is 28.7 Å². The fraction of sp³-hybridized carbons (Fsp3) is 0.294. The van der Waals surface area contributed by atoms with Crippen molar-refractivity contribution in [2.24, 2.45) is 5.10 Å². The quantitative estimate of drug-likeness (QED) is 0.457. The van der Waals surface area contributed by atoms with E-state index >= 15 is 0 Å². The Morgan fingerprint density at radius 3 is 2.57 bits per heavy atom. The van der Waals surface area contributed by atoms with Crippen LogP contribution in [-0.2, 0) is 15.8 Å². The number of carbonyl (C=O) groups excluding carboxylic acids is 2. The summed E-state index contributed by atoms with van der Waals surface area (Å²) in [5.74, 6) is -1.82. The maximum Gasteiger partial charge on any atom is 0.416 e. The van der Waals surface area contributed by atoms with Crippen molar-refractivity contribution < 1.29 is 22.8 Å². The van der Waals surface area contributed by atoms with Crippen LogP contribution >= 0.6 is 11.6 Å². The molecule has 0 aliphatic carbocycles. The van der Waals surface area contributed by atoms with Gasteiger partial charge in [-0.05, 0) is 39.0 Å². The van der Waals surface area contributed by atoms with Crippen LogP contribution in [0.15, 0.2) is 29.4 Å². The average molecular weight is 416 g/mol. The maximum atomic E-state index is 12.9. The number of nitrogens with one attached hydrogen (secondary N) is 2. The Morgan fingerprint density at radius 2 is 1.96 bits per heavy atom. The van der Waals surface area contributed by atoms with E-state index in [0.29, 0.717) is 5.69 Å². The minimum Gasteiger partial charge on any atom is -0.346 e. The van der Waals surface area contributed by atoms with Gasteiger partial charge in [0, 0.05) is 6.04 Å². The first kappa shape index (κ1) is 21.4. The molecule has 1 heterocycles. The molecule has 7 nitrogen and oxygen atoms in total. The van der Waals surface area contributed by atoms with Gasteiger partial charge >= 0.3 is 18.0 Å². The van der Waals surface area contributed by atoms with Crippen molar-refractivity contribution in [1.29, 1.82) is 0 Å². The minimum absolute atomic E-state index is 0.00135. The highest BCUT2D eigenvalue weighted by atomic mass is 35.5. The molecule has 1 aromatic carbocycles. The summed E-state index contributed by atoms with van der Waals surface area (Å²) in [6, 6.07) is 4.30. The number of alkyl halides is 3. The summed E-state index contributed by atoms with van der Waals surface area (Å²) in [5.41, 5.74) is 1.97. The summed E-state index contributed by atoms with van der Waals surface area (Å²) in [5, 5.41) is 10.2. The van der Waals surface area contributed by atoms with E-state index in [4.69, 9.17) is 11.6 Å². The first-order valence-electron chi connectivity index (χ1n) is 8.07. The lowest BCUT2D eigenvalue weighted by Crippen LogP contribution is -2.41. The number of aromatic nitrogens is 2. The molecule has 0 spiro atoms. The lowest BCUT2D eigenvalue weighted by molar-refractivity contribution is -0.139. The fourth-order valence-corrected chi connectivity index (χ4v) is 2.50. The molecule has 0 saturated heterocycles. The summed E-state index contributed by atoms with van der Waals surface area (Å²) in [4.78, 5) is 23.1. The first-order chi connectivity index (χ1) is 13.0. The van der Waals surface area contributed by atoms with Crippen LogP contribution < -0.4 is 10.7 Å². The van der Waals surface area contributed by atoms with Crippen LogP contribution in [0.1, 0.15) is 30.7 Å². The van der Waals surface area contributed by atoms with Gasteiger partial charge in [0.25, 0.3) is 0 Å². The van der Waals surface area contributed by atoms with Crippen molar-refractivity contribution in [3.63, 3.8) is 0 Å². The number of hydrogen-bond donors (Lipinski definition) is 2. The Bertz CT molecular complexity index is 922. The second-order valence-electron chi connectivity index (χ2n) is 6.08. The number of hydrazone groups is 1. The Balaban J connectivity index is 2.23. The van der Waals surface area contributed by atoms with E-state index in [2.05, 4.69) is 15.5 Å². The van der Waals surface area contributed by atoms with Gasteiger partial charge in [-0.1, -0.05) is 17.7 Å². The molecule has 0 atom stereocenters. The molecule has 0 aliphatic heterocycles. The van der Waals surface area contributed by atoms with Gasteiger partial charge in [0.1, 0.15) is 5.15 Å². The van der Waals surface area contributed by atoms with Crippen molar-refractivity contribution in [2.45, 2.75) is 33.0 Å². The van der Waals surface area contributed by atoms with Crippen LogP contribution in [0.3, 0.4) is 0 Å². The summed E-state index contributed by atoms with van der Waals surface area (Å²) >= 11 is 6.21. The molecule has 2 amide bonds. The number of nitrogens with zero attached hydrogens (tertiary/aromatic N) is 3. The minimum atomic E-state index is -4.50. The lowest BCUT2D eigenvalue weighted by atomic mass is 10.2. The molecular weight excluding hydrogens is 399 g/mol. The van der Waals surface area contributed by atoms with Crippen LogP contribution in [-0.4, -0.2) is 33.9 Å². The molecule has 11 heteroatoms. The van der Waals surface area contributed by atoms with E-state index in [1.807, 2.05) is 5.43 Å². The molecule has 0 saturated carbocycles. The Kier molecular flexibility index (Phi) is 6.45. The number of amides is 2. The number of carbonyl (C=O) groups is 2. The lowest BCUT2D eigenvalue weighted by Gasteiger charge is -2.09. The summed E-state index contributed by atoms with van der Waals surface area (Å²) in [6.45, 7) is 4.96. The monoisotopic (exact) mass is 415 g/mol. The molecule has 2 N–H and O–H groups in total. The SMILES string of the molecule is Cc1nn(-c2cccc(C(F)(F)F)c2)c(Cl)c1/C=N\NC(=O)C(=O)NC(C)C. The van der Waals surface area contributed by atoms with Crippen molar-refractivity contribution in [1.82, 2.24) is 20.5 Å². The topological polar surface area (TPSA) is 88.4 Å². The number of halogens is 4. The normalized spacial score (nSPS) is 11.9. The van der Waals surface area contributed by atoms with Crippen molar-refractivity contribution in [2.75, 3.05) is 0 Å². The third-order valence-corrected chi connectivity index (χ3v) is 3.82. The Labute approximate surface area is 163 Å². The van der Waals surface area contributed by atoms with Crippen molar-refractivity contribution in [3.05, 3.63) is 46.2 Å². The highest BCUT2D eigenvalue weighted by molar-refractivity contribution is 6.35. The van der Waals surface area contributed by atoms with Gasteiger partial charge in [0.2, 0.25) is 0 Å². The molecule has 0 radical (unpaired) electrons. The smallest absolute Gasteiger partial charge is 0.346 e. The van der Waals surface area contributed by atoms with Gasteiger partial charge in [-0.25, -0.2) is 10.1 Å². The zero-order valence-electron chi connectivity index (χ0n) is 15.1. The standard InChI is InChI=1S/C17H17ClF3N5O2/c1-9(2)23-15(27)16(28)24-22-8-13-10(3)25-26(14(13)18)12-6-4-5-11(7-12)17(19,20)21/h4-9H,1-3H3,(H,23,27)(H,24,28)/b22-8-. The molecule has 2 aromatic rings. The van der Waals surface area contributed by atoms with Gasteiger partial charge in [0.15, 0.2) is 0 Å². The number of hydrogen-bond acceptors (Lipinski definition) is 4. The summed E-state index contributed by atoms with van der Waals surface area (Å²) in [6.07, 6.45) is -3.34. The second-order valence-corrected chi connectivity index (χ2v) is 6.44. The van der Waals surface area contributed by atoms with Crippen LogP contribution in [0.2, 0.25) is 5.15 Å². The Hall–Kier alpha value is -2.88. The average Bonchev–Trinajstić information content (AvgIpc) is 2.88. The van der Waals surface area contributed by atoms with Crippen LogP contribution in [0.4, 0.5) is 13.2 Å². The third-order valence-electron chi connectivity index (χ3n) is 3.45. The molecule has 0 bridgehead atoms. The van der Waals surface area contributed by atoms with Crippen molar-refractivity contribution in [3.8, 4) is 5.69 Å². The van der Waals surface area contributed by atoms with E-state index in [9.17, 15) is 22.8 Å². The van der Waals surface area contributed by atoms with E-state index in [1.54, 1.807) is 20.8 Å². The van der Waals surface area contributed by atoms with E-state index < -0.39 is 23.6 Å². The predicted octanol–water partition coefficient (Wildman–Crippen LogP) is 2.83.